The number of hydrogen-bond donors (Lipinski definition) is 1. The average Bonchev–Trinajstić information content (AvgIpc) is 3.37. The summed E-state index contributed by atoms with van der Waals surface area (Å²) in [6.45, 7) is 4.03. The molecule has 1 atom stereocenters. The standard InChI is InChI=1S/C27H30FN3O6/c1-16(2)37-15-22-29-25(32)23(27(34)31(22)24-20(35-3)10-7-11-21(24)36-4)26(33)30-13-12-17(14-30)18-8-5-6-9-19(18)28/h5-11,16-17,34H,12-15H2,1-4H3. The molecule has 1 aliphatic heterocycles. The van der Waals surface area contributed by atoms with Crippen LogP contribution in [0.15, 0.2) is 47.3 Å². The molecule has 2 heterocycles. The maximum absolute atomic E-state index is 14.3. The lowest BCUT2D eigenvalue weighted by Crippen LogP contribution is -2.35. The van der Waals surface area contributed by atoms with Gasteiger partial charge in [0.15, 0.2) is 5.56 Å². The van der Waals surface area contributed by atoms with Crippen molar-refractivity contribution in [2.45, 2.75) is 38.9 Å². The van der Waals surface area contributed by atoms with Crippen LogP contribution in [0.1, 0.15) is 47.9 Å². The van der Waals surface area contributed by atoms with Gasteiger partial charge in [-0.2, -0.15) is 4.98 Å². The Bertz CT molecular complexity index is 1330. The Kier molecular flexibility index (Phi) is 7.77. The number of halogens is 1. The molecule has 1 unspecified atom stereocenters. The normalized spacial score (nSPS) is 15.3. The smallest absolute Gasteiger partial charge is 0.289 e. The summed E-state index contributed by atoms with van der Waals surface area (Å²) in [5.74, 6) is -1.14. The molecule has 37 heavy (non-hydrogen) atoms. The third-order valence-corrected chi connectivity index (χ3v) is 6.34. The van der Waals surface area contributed by atoms with Crippen molar-refractivity contribution in [3.05, 3.63) is 75.6 Å². The summed E-state index contributed by atoms with van der Waals surface area (Å²) in [5.41, 5.74) is -0.600. The van der Waals surface area contributed by atoms with E-state index in [0.717, 1.165) is 0 Å². The van der Waals surface area contributed by atoms with Crippen LogP contribution in [0.5, 0.6) is 17.4 Å². The van der Waals surface area contributed by atoms with Gasteiger partial charge in [-0.05, 0) is 44.0 Å². The molecule has 0 spiro atoms. The topological polar surface area (TPSA) is 103 Å². The molecule has 1 aliphatic rings. The third-order valence-electron chi connectivity index (χ3n) is 6.34. The molecule has 1 aromatic heterocycles. The number of methoxy groups -OCH3 is 2. The number of rotatable bonds is 8. The van der Waals surface area contributed by atoms with Gasteiger partial charge < -0.3 is 24.2 Å². The third kappa shape index (κ3) is 5.15. The number of nitrogens with zero attached hydrogens (tertiary/aromatic N) is 3. The minimum absolute atomic E-state index is 0.0706. The highest BCUT2D eigenvalue weighted by molar-refractivity contribution is 5.96. The van der Waals surface area contributed by atoms with Gasteiger partial charge in [-0.15, -0.1) is 0 Å². The SMILES string of the molecule is COc1cccc(OC)c1-n1c(COC(C)C)nc(=O)c(C(=O)N2CCC(c3ccccc3F)C2)c1O. The number of aromatic nitrogens is 2. The zero-order valence-electron chi connectivity index (χ0n) is 21.2. The van der Waals surface area contributed by atoms with Gasteiger partial charge >= 0.3 is 0 Å². The van der Waals surface area contributed by atoms with Crippen molar-refractivity contribution in [1.82, 2.24) is 14.5 Å². The Labute approximate surface area is 214 Å². The Hall–Kier alpha value is -3.92. The maximum atomic E-state index is 14.3. The van der Waals surface area contributed by atoms with Crippen molar-refractivity contribution >= 4 is 5.91 Å². The predicted molar refractivity (Wildman–Crippen MR) is 134 cm³/mol. The van der Waals surface area contributed by atoms with E-state index in [9.17, 15) is 19.1 Å². The average molecular weight is 512 g/mol. The van der Waals surface area contributed by atoms with Gasteiger partial charge in [-0.25, -0.2) is 4.39 Å². The molecule has 1 saturated heterocycles. The van der Waals surface area contributed by atoms with Gasteiger partial charge in [-0.1, -0.05) is 24.3 Å². The minimum Gasteiger partial charge on any atom is -0.494 e. The van der Waals surface area contributed by atoms with Crippen LogP contribution in [0.2, 0.25) is 0 Å². The van der Waals surface area contributed by atoms with Crippen LogP contribution in [-0.2, 0) is 11.3 Å². The minimum atomic E-state index is -0.885. The van der Waals surface area contributed by atoms with E-state index in [0.29, 0.717) is 30.0 Å². The molecule has 0 aliphatic carbocycles. The van der Waals surface area contributed by atoms with E-state index in [1.165, 1.54) is 29.8 Å². The van der Waals surface area contributed by atoms with Crippen molar-refractivity contribution < 1.29 is 28.5 Å². The summed E-state index contributed by atoms with van der Waals surface area (Å²) in [5, 5.41) is 11.4. The van der Waals surface area contributed by atoms with Crippen LogP contribution in [0.3, 0.4) is 0 Å². The number of amides is 1. The van der Waals surface area contributed by atoms with E-state index in [-0.39, 0.29) is 42.5 Å². The zero-order chi connectivity index (χ0) is 26.7. The van der Waals surface area contributed by atoms with Crippen molar-refractivity contribution in [3.63, 3.8) is 0 Å². The zero-order valence-corrected chi connectivity index (χ0v) is 21.2. The van der Waals surface area contributed by atoms with Gasteiger partial charge in [0, 0.05) is 19.0 Å². The molecular weight excluding hydrogens is 481 g/mol. The summed E-state index contributed by atoms with van der Waals surface area (Å²) in [6.07, 6.45) is 0.337. The molecule has 196 valence electrons. The number of para-hydroxylation sites is 1. The summed E-state index contributed by atoms with van der Waals surface area (Å²) >= 11 is 0. The number of likely N-dealkylation sites (tertiary alicyclic amines) is 1. The van der Waals surface area contributed by atoms with Crippen LogP contribution in [-0.4, -0.2) is 58.9 Å². The van der Waals surface area contributed by atoms with Gasteiger partial charge in [-0.3, -0.25) is 14.2 Å². The molecule has 9 nitrogen and oxygen atoms in total. The molecule has 1 N–H and O–H groups in total. The Morgan fingerprint density at radius 3 is 2.43 bits per heavy atom. The summed E-state index contributed by atoms with van der Waals surface area (Å²) in [6, 6.07) is 11.4. The summed E-state index contributed by atoms with van der Waals surface area (Å²) < 4.78 is 32.2. The predicted octanol–water partition coefficient (Wildman–Crippen LogP) is 3.65. The van der Waals surface area contributed by atoms with Crippen LogP contribution < -0.4 is 15.0 Å². The first-order valence-electron chi connectivity index (χ1n) is 12.0. The van der Waals surface area contributed by atoms with Crippen molar-refractivity contribution in [3.8, 4) is 23.1 Å². The van der Waals surface area contributed by atoms with Gasteiger partial charge in [0.2, 0.25) is 5.88 Å². The fraction of sp³-hybridized carbons (Fsp3) is 0.370. The Morgan fingerprint density at radius 2 is 1.81 bits per heavy atom. The van der Waals surface area contributed by atoms with Crippen molar-refractivity contribution in [2.75, 3.05) is 27.3 Å². The lowest BCUT2D eigenvalue weighted by molar-refractivity contribution is 0.0590. The van der Waals surface area contributed by atoms with E-state index in [1.807, 2.05) is 13.8 Å². The Morgan fingerprint density at radius 1 is 1.14 bits per heavy atom. The fourth-order valence-electron chi connectivity index (χ4n) is 4.53. The van der Waals surface area contributed by atoms with E-state index in [1.54, 1.807) is 36.4 Å². The molecule has 10 heteroatoms. The molecular formula is C27H30FN3O6. The van der Waals surface area contributed by atoms with Crippen molar-refractivity contribution in [2.24, 2.45) is 0 Å². The summed E-state index contributed by atoms with van der Waals surface area (Å²) in [7, 11) is 2.91. The lowest BCUT2D eigenvalue weighted by atomic mass is 9.98. The molecule has 3 aromatic rings. The van der Waals surface area contributed by atoms with E-state index in [4.69, 9.17) is 14.2 Å². The Balaban J connectivity index is 1.80. The second-order valence-corrected chi connectivity index (χ2v) is 9.00. The van der Waals surface area contributed by atoms with Crippen LogP contribution in [0.25, 0.3) is 5.69 Å². The quantitative estimate of drug-likeness (QED) is 0.492. The largest absolute Gasteiger partial charge is 0.494 e. The van der Waals surface area contributed by atoms with Crippen LogP contribution >= 0.6 is 0 Å². The molecule has 4 rings (SSSR count). The number of carbonyl (C=O) groups is 1. The van der Waals surface area contributed by atoms with Crippen molar-refractivity contribution in [1.29, 1.82) is 0 Å². The molecule has 0 radical (unpaired) electrons. The molecule has 0 saturated carbocycles. The highest BCUT2D eigenvalue weighted by Gasteiger charge is 2.34. The number of carbonyl (C=O) groups excluding carboxylic acids is 1. The van der Waals surface area contributed by atoms with Gasteiger partial charge in [0.05, 0.1) is 20.3 Å². The van der Waals surface area contributed by atoms with Gasteiger partial charge in [0.1, 0.15) is 35.4 Å². The second kappa shape index (κ2) is 11.0. The van der Waals surface area contributed by atoms with Crippen LogP contribution in [0, 0.1) is 5.82 Å². The fourth-order valence-corrected chi connectivity index (χ4v) is 4.53. The first kappa shape index (κ1) is 26.2. The second-order valence-electron chi connectivity index (χ2n) is 9.00. The molecule has 0 bridgehead atoms. The number of aromatic hydroxyl groups is 1. The van der Waals surface area contributed by atoms with E-state index < -0.39 is 22.9 Å². The molecule has 1 amide bonds. The number of benzene rings is 2. The number of hydrogen-bond acceptors (Lipinski definition) is 7. The van der Waals surface area contributed by atoms with E-state index >= 15 is 0 Å². The van der Waals surface area contributed by atoms with Gasteiger partial charge in [0.25, 0.3) is 11.5 Å². The maximum Gasteiger partial charge on any atom is 0.289 e. The van der Waals surface area contributed by atoms with E-state index in [2.05, 4.69) is 4.98 Å². The molecule has 2 aromatic carbocycles. The first-order chi connectivity index (χ1) is 17.8. The monoisotopic (exact) mass is 511 g/mol. The number of ether oxygens (including phenoxy) is 3. The summed E-state index contributed by atoms with van der Waals surface area (Å²) in [4.78, 5) is 32.2. The molecule has 1 fully saturated rings. The highest BCUT2D eigenvalue weighted by Crippen LogP contribution is 2.37. The highest BCUT2D eigenvalue weighted by atomic mass is 19.1. The first-order valence-corrected chi connectivity index (χ1v) is 12.0. The lowest BCUT2D eigenvalue weighted by Gasteiger charge is -2.23. The van der Waals surface area contributed by atoms with Crippen LogP contribution in [0.4, 0.5) is 4.39 Å².